The van der Waals surface area contributed by atoms with Gasteiger partial charge in [0.1, 0.15) is 11.6 Å². The van der Waals surface area contributed by atoms with Gasteiger partial charge in [0.05, 0.1) is 4.90 Å². The Balaban J connectivity index is 1.57. The molecule has 140 valence electrons. The number of anilines is 3. The first kappa shape index (κ1) is 18.7. The average Bonchev–Trinajstić information content (AvgIpc) is 2.62. The van der Waals surface area contributed by atoms with Crippen molar-refractivity contribution in [3.8, 4) is 0 Å². The molecular weight excluding hydrogens is 369 g/mol. The van der Waals surface area contributed by atoms with Crippen molar-refractivity contribution in [2.75, 3.05) is 17.2 Å². The van der Waals surface area contributed by atoms with Crippen LogP contribution in [0.1, 0.15) is 5.56 Å². The Labute approximate surface area is 156 Å². The van der Waals surface area contributed by atoms with E-state index in [9.17, 15) is 12.8 Å². The van der Waals surface area contributed by atoms with Crippen molar-refractivity contribution in [1.29, 1.82) is 0 Å². The maximum absolute atomic E-state index is 13.2. The van der Waals surface area contributed by atoms with Crippen molar-refractivity contribution in [2.24, 2.45) is 5.14 Å². The molecular formula is C18H18FN5O2S. The van der Waals surface area contributed by atoms with Crippen LogP contribution < -0.4 is 15.8 Å². The van der Waals surface area contributed by atoms with Gasteiger partial charge >= 0.3 is 0 Å². The van der Waals surface area contributed by atoms with E-state index >= 15 is 0 Å². The lowest BCUT2D eigenvalue weighted by Crippen LogP contribution is -2.12. The van der Waals surface area contributed by atoms with E-state index in [1.807, 2.05) is 0 Å². The van der Waals surface area contributed by atoms with Crippen LogP contribution in [0.3, 0.4) is 0 Å². The van der Waals surface area contributed by atoms with E-state index in [-0.39, 0.29) is 10.7 Å². The highest BCUT2D eigenvalue weighted by Gasteiger charge is 2.07. The highest BCUT2D eigenvalue weighted by molar-refractivity contribution is 7.89. The molecule has 27 heavy (non-hydrogen) atoms. The summed E-state index contributed by atoms with van der Waals surface area (Å²) in [7, 11) is -3.68. The lowest BCUT2D eigenvalue weighted by Gasteiger charge is -2.09. The van der Waals surface area contributed by atoms with Crippen molar-refractivity contribution in [1.82, 2.24) is 9.97 Å². The summed E-state index contributed by atoms with van der Waals surface area (Å²) in [6, 6.07) is 14.2. The van der Waals surface area contributed by atoms with Gasteiger partial charge in [-0.3, -0.25) is 0 Å². The number of aromatic nitrogens is 2. The highest BCUT2D eigenvalue weighted by atomic mass is 32.2. The number of nitrogens with zero attached hydrogens (tertiary/aromatic N) is 2. The van der Waals surface area contributed by atoms with Gasteiger partial charge in [-0.1, -0.05) is 18.2 Å². The fourth-order valence-corrected chi connectivity index (χ4v) is 2.91. The minimum atomic E-state index is -3.68. The molecule has 0 radical (unpaired) electrons. The highest BCUT2D eigenvalue weighted by Crippen LogP contribution is 2.16. The summed E-state index contributed by atoms with van der Waals surface area (Å²) in [5.41, 5.74) is 1.54. The Kier molecular flexibility index (Phi) is 5.63. The molecule has 0 amide bonds. The van der Waals surface area contributed by atoms with Crippen molar-refractivity contribution < 1.29 is 12.8 Å². The van der Waals surface area contributed by atoms with Crippen LogP contribution in [0.4, 0.5) is 21.8 Å². The molecule has 9 heteroatoms. The molecule has 0 atom stereocenters. The number of hydrogen-bond donors (Lipinski definition) is 3. The van der Waals surface area contributed by atoms with Gasteiger partial charge < -0.3 is 10.6 Å². The Bertz CT molecular complexity index is 1030. The van der Waals surface area contributed by atoms with Crippen LogP contribution in [-0.4, -0.2) is 24.9 Å². The zero-order valence-corrected chi connectivity index (χ0v) is 15.1. The molecule has 4 N–H and O–H groups in total. The summed E-state index contributed by atoms with van der Waals surface area (Å²) in [5, 5.41) is 11.2. The third-order valence-corrected chi connectivity index (χ3v) is 4.63. The number of halogens is 1. The number of nitrogens with two attached hydrogens (primary N) is 1. The molecule has 0 aliphatic rings. The van der Waals surface area contributed by atoms with Crippen molar-refractivity contribution >= 4 is 27.5 Å². The molecule has 3 aromatic rings. The number of nitrogens with one attached hydrogen (secondary N) is 2. The topological polar surface area (TPSA) is 110 Å². The molecule has 1 heterocycles. The first-order valence-corrected chi connectivity index (χ1v) is 9.66. The first-order valence-electron chi connectivity index (χ1n) is 8.11. The van der Waals surface area contributed by atoms with Crippen molar-refractivity contribution in [3.63, 3.8) is 0 Å². The van der Waals surface area contributed by atoms with Crippen molar-refractivity contribution in [3.05, 3.63) is 72.2 Å². The van der Waals surface area contributed by atoms with E-state index in [0.29, 0.717) is 30.4 Å². The SMILES string of the molecule is NS(=O)(=O)c1ccc(CCNc2nccc(Nc3cccc(F)c3)n2)cc1. The quantitative estimate of drug-likeness (QED) is 0.575. The second-order valence-electron chi connectivity index (χ2n) is 5.77. The summed E-state index contributed by atoms with van der Waals surface area (Å²) in [6.07, 6.45) is 2.24. The summed E-state index contributed by atoms with van der Waals surface area (Å²) >= 11 is 0. The molecule has 0 aliphatic heterocycles. The molecule has 0 saturated heterocycles. The Morgan fingerprint density at radius 2 is 1.85 bits per heavy atom. The van der Waals surface area contributed by atoms with Crippen molar-refractivity contribution in [2.45, 2.75) is 11.3 Å². The summed E-state index contributed by atoms with van der Waals surface area (Å²) in [6.45, 7) is 0.554. The van der Waals surface area contributed by atoms with E-state index in [4.69, 9.17) is 5.14 Å². The van der Waals surface area contributed by atoms with Gasteiger partial charge in [0.2, 0.25) is 16.0 Å². The Morgan fingerprint density at radius 3 is 2.56 bits per heavy atom. The van der Waals surface area contributed by atoms with Gasteiger partial charge in [-0.15, -0.1) is 0 Å². The zero-order chi connectivity index (χ0) is 19.3. The second kappa shape index (κ2) is 8.11. The smallest absolute Gasteiger partial charge is 0.238 e. The summed E-state index contributed by atoms with van der Waals surface area (Å²) in [4.78, 5) is 8.55. The minimum Gasteiger partial charge on any atom is -0.354 e. The number of benzene rings is 2. The number of primary sulfonamides is 1. The molecule has 3 rings (SSSR count). The summed E-state index contributed by atoms with van der Waals surface area (Å²) < 4.78 is 35.7. The van der Waals surface area contributed by atoms with Crippen LogP contribution in [0.5, 0.6) is 0 Å². The largest absolute Gasteiger partial charge is 0.354 e. The Hall–Kier alpha value is -3.04. The first-order chi connectivity index (χ1) is 12.9. The molecule has 0 bridgehead atoms. The van der Waals surface area contributed by atoms with Crippen LogP contribution in [0, 0.1) is 5.82 Å². The number of sulfonamides is 1. The average molecular weight is 387 g/mol. The predicted octanol–water partition coefficient (Wildman–Crippen LogP) is 2.66. The normalized spacial score (nSPS) is 11.2. The fourth-order valence-electron chi connectivity index (χ4n) is 2.39. The van der Waals surface area contributed by atoms with E-state index in [0.717, 1.165) is 5.56 Å². The van der Waals surface area contributed by atoms with Gasteiger partial charge in [-0.25, -0.2) is 22.9 Å². The molecule has 1 aromatic heterocycles. The standard InChI is InChI=1S/C18H18FN5O2S/c19-14-2-1-3-15(12-14)23-17-9-11-22-18(24-17)21-10-8-13-4-6-16(7-5-13)27(20,25)26/h1-7,9,11-12H,8,10H2,(H2,20,25,26)(H2,21,22,23,24). The van der Waals surface area contributed by atoms with Crippen LogP contribution in [-0.2, 0) is 16.4 Å². The Morgan fingerprint density at radius 1 is 1.07 bits per heavy atom. The van der Waals surface area contributed by atoms with Gasteiger partial charge in [-0.05, 0) is 48.4 Å². The van der Waals surface area contributed by atoms with E-state index in [1.54, 1.807) is 36.5 Å². The molecule has 0 aliphatic carbocycles. The third-order valence-electron chi connectivity index (χ3n) is 3.70. The van der Waals surface area contributed by atoms with Gasteiger partial charge in [-0.2, -0.15) is 4.98 Å². The lowest BCUT2D eigenvalue weighted by atomic mass is 10.1. The van der Waals surface area contributed by atoms with Crippen LogP contribution in [0.2, 0.25) is 0 Å². The van der Waals surface area contributed by atoms with Gasteiger partial charge in [0.15, 0.2) is 0 Å². The molecule has 0 fully saturated rings. The second-order valence-corrected chi connectivity index (χ2v) is 7.33. The zero-order valence-electron chi connectivity index (χ0n) is 14.3. The van der Waals surface area contributed by atoms with E-state index in [1.165, 1.54) is 24.3 Å². The molecule has 0 unspecified atom stereocenters. The maximum atomic E-state index is 13.2. The molecule has 2 aromatic carbocycles. The number of rotatable bonds is 7. The van der Waals surface area contributed by atoms with Gasteiger partial charge in [0.25, 0.3) is 0 Å². The lowest BCUT2D eigenvalue weighted by molar-refractivity contribution is 0.597. The molecule has 7 nitrogen and oxygen atoms in total. The third kappa shape index (κ3) is 5.47. The van der Waals surface area contributed by atoms with Crippen LogP contribution in [0.15, 0.2) is 65.7 Å². The van der Waals surface area contributed by atoms with E-state index < -0.39 is 10.0 Å². The molecule has 0 saturated carbocycles. The molecule has 0 spiro atoms. The fraction of sp³-hybridized carbons (Fsp3) is 0.111. The van der Waals surface area contributed by atoms with Gasteiger partial charge in [0, 0.05) is 18.4 Å². The predicted molar refractivity (Wildman–Crippen MR) is 102 cm³/mol. The van der Waals surface area contributed by atoms with Crippen LogP contribution in [0.25, 0.3) is 0 Å². The van der Waals surface area contributed by atoms with Crippen LogP contribution >= 0.6 is 0 Å². The minimum absolute atomic E-state index is 0.0821. The maximum Gasteiger partial charge on any atom is 0.238 e. The number of hydrogen-bond acceptors (Lipinski definition) is 6. The monoisotopic (exact) mass is 387 g/mol. The summed E-state index contributed by atoms with van der Waals surface area (Å²) in [5.74, 6) is 0.633. The van der Waals surface area contributed by atoms with E-state index in [2.05, 4.69) is 20.6 Å².